The van der Waals surface area contributed by atoms with E-state index in [1.54, 1.807) is 0 Å². The molecule has 3 aliphatic heterocycles. The van der Waals surface area contributed by atoms with Crippen LogP contribution >= 0.6 is 0 Å². The first-order valence-electron chi connectivity index (χ1n) is 26.1. The van der Waals surface area contributed by atoms with Gasteiger partial charge in [-0.2, -0.15) is 0 Å². The van der Waals surface area contributed by atoms with Crippen LogP contribution in [0.2, 0.25) is 0 Å². The number of aryl methyl sites for hydroxylation is 1. The van der Waals surface area contributed by atoms with Crippen LogP contribution in [-0.4, -0.2) is 6.71 Å². The largest absolute Gasteiger partial charge is 0.444 e. The lowest BCUT2D eigenvalue weighted by Gasteiger charge is -2.56. The van der Waals surface area contributed by atoms with Crippen LogP contribution < -0.4 is 20.7 Å². The van der Waals surface area contributed by atoms with E-state index in [1.165, 1.54) is 126 Å². The van der Waals surface area contributed by atoms with Crippen LogP contribution in [0.3, 0.4) is 0 Å². The van der Waals surface area contributed by atoms with Crippen molar-refractivity contribution in [2.24, 2.45) is 11.3 Å². The van der Waals surface area contributed by atoms with E-state index in [0.29, 0.717) is 0 Å². The second-order valence-electron chi connectivity index (χ2n) is 26.7. The molecule has 5 aliphatic carbocycles. The van der Waals surface area contributed by atoms with Crippen LogP contribution in [0.4, 0.5) is 22.9 Å². The van der Waals surface area contributed by atoms with E-state index in [9.17, 15) is 0 Å². The summed E-state index contributed by atoms with van der Waals surface area (Å²) in [4.78, 5) is 5.46. The summed E-state index contributed by atoms with van der Waals surface area (Å²) in [6.45, 7) is 41.3. The van der Waals surface area contributed by atoms with Gasteiger partial charge in [0.05, 0.1) is 5.69 Å². The Bertz CT molecular complexity index is 3040. The van der Waals surface area contributed by atoms with E-state index in [1.807, 2.05) is 0 Å². The minimum absolute atomic E-state index is 0.000329. The van der Waals surface area contributed by atoms with Crippen molar-refractivity contribution >= 4 is 46.2 Å². The van der Waals surface area contributed by atoms with Gasteiger partial charge in [-0.25, -0.2) is 0 Å². The average Bonchev–Trinajstić information content (AvgIpc) is 3.70. The predicted molar refractivity (Wildman–Crippen MR) is 285 cm³/mol. The number of hydrogen-bond donors (Lipinski definition) is 0. The van der Waals surface area contributed by atoms with Gasteiger partial charge in [0.2, 0.25) is 0 Å². The Morgan fingerprint density at radius 2 is 1.33 bits per heavy atom. The van der Waals surface area contributed by atoms with E-state index in [4.69, 9.17) is 4.42 Å². The smallest absolute Gasteiger partial charge is 0.256 e. The summed E-state index contributed by atoms with van der Waals surface area (Å²) >= 11 is 0. The van der Waals surface area contributed by atoms with E-state index < -0.39 is 0 Å². The topological polar surface area (TPSA) is 19.6 Å². The zero-order valence-electron chi connectivity index (χ0n) is 43.6. The second-order valence-corrected chi connectivity index (χ2v) is 26.7. The molecule has 0 spiro atoms. The summed E-state index contributed by atoms with van der Waals surface area (Å²) in [5, 5.41) is 0. The van der Waals surface area contributed by atoms with Crippen LogP contribution in [0.25, 0.3) is 5.57 Å². The van der Waals surface area contributed by atoms with Gasteiger partial charge in [-0.1, -0.05) is 140 Å². The maximum atomic E-state index is 7.78. The Balaban J connectivity index is 1.26. The summed E-state index contributed by atoms with van der Waals surface area (Å²) in [6.07, 6.45) is 20.2. The summed E-state index contributed by atoms with van der Waals surface area (Å²) in [6, 6.07) is 18.1. The van der Waals surface area contributed by atoms with Crippen LogP contribution in [-0.2, 0) is 38.9 Å². The van der Waals surface area contributed by atoms with Crippen LogP contribution in [0.5, 0.6) is 0 Å². The normalized spacial score (nSPS) is 26.7. The van der Waals surface area contributed by atoms with Crippen molar-refractivity contribution in [2.75, 3.05) is 9.80 Å². The highest BCUT2D eigenvalue weighted by Crippen LogP contribution is 2.65. The fourth-order valence-corrected chi connectivity index (χ4v) is 14.9. The van der Waals surface area contributed by atoms with E-state index >= 15 is 0 Å². The molecule has 12 rings (SSSR count). The Morgan fingerprint density at radius 1 is 0.716 bits per heavy atom. The van der Waals surface area contributed by atoms with Crippen molar-refractivity contribution < 1.29 is 4.42 Å². The standard InChI is InChI=1S/C63H75BN2O/c1-17-36(3)40-33-46-48(30-37(40)18-2)66-47-34-45-44(59(8,9)26-27-60(45,10)11)32-41(47)39-20-19-23-63(16)35-49-52(54(66)50(39)63)64(46)53-51-55(62(14,15)29-28-61(51,12)13)67-56(53)65(49)38-21-22-42-43(31-38)58(6,7)25-24-57(42,4)5/h17,19-23,30-36,50H,1,18,24-29H2,2-16H3. The lowest BCUT2D eigenvalue weighted by atomic mass is 9.30. The Labute approximate surface area is 403 Å². The SMILES string of the molecule is C=CC(C)c1cc2c(cc1CC)N1C3=C4B2c2c(oc5c2C(C)(C)CCC5(C)C)N(c2ccc5c(c2)C(C)(C)CCC5(C)C)C4=CC2(C)C=CC=C(c4cc5c(cc41)C(C)(C)CCC5(C)C)C32. The van der Waals surface area contributed by atoms with E-state index in [2.05, 4.69) is 193 Å². The zero-order chi connectivity index (χ0) is 47.5. The molecule has 3 unspecified atom stereocenters. The highest BCUT2D eigenvalue weighted by molar-refractivity contribution is 6.95. The lowest BCUT2D eigenvalue weighted by molar-refractivity contribution is 0.280. The van der Waals surface area contributed by atoms with Gasteiger partial charge in [-0.15, -0.1) is 6.58 Å². The Hall–Kier alpha value is -4.70. The molecule has 4 heteroatoms. The molecular formula is C63H75BN2O. The van der Waals surface area contributed by atoms with Crippen molar-refractivity contribution in [2.45, 2.75) is 187 Å². The molecule has 3 aromatic carbocycles. The molecule has 3 atom stereocenters. The summed E-state index contributed by atoms with van der Waals surface area (Å²) in [5.74, 6) is 2.59. The zero-order valence-corrected chi connectivity index (χ0v) is 43.6. The molecule has 4 aromatic rings. The first kappa shape index (κ1) is 43.6. The Morgan fingerprint density at radius 3 is 1.99 bits per heavy atom. The molecule has 0 bridgehead atoms. The highest BCUT2D eigenvalue weighted by atomic mass is 16.4. The molecule has 1 aromatic heterocycles. The third kappa shape index (κ3) is 5.65. The fraction of sp³-hybridized carbons (Fsp3) is 0.492. The summed E-state index contributed by atoms with van der Waals surface area (Å²) in [7, 11) is 0. The molecule has 346 valence electrons. The monoisotopic (exact) mass is 887 g/mol. The molecule has 0 amide bonds. The van der Waals surface area contributed by atoms with Crippen LogP contribution in [0.15, 0.2) is 101 Å². The van der Waals surface area contributed by atoms with Crippen molar-refractivity contribution in [3.05, 3.63) is 147 Å². The van der Waals surface area contributed by atoms with Gasteiger partial charge in [0.1, 0.15) is 5.76 Å². The summed E-state index contributed by atoms with van der Waals surface area (Å²) < 4.78 is 7.78. The molecule has 0 saturated heterocycles. The number of benzene rings is 3. The first-order chi connectivity index (χ1) is 31.4. The number of rotatable bonds is 4. The van der Waals surface area contributed by atoms with Gasteiger partial charge in [0.25, 0.3) is 6.71 Å². The minimum atomic E-state index is -0.290. The molecule has 8 aliphatic rings. The van der Waals surface area contributed by atoms with Gasteiger partial charge in [-0.05, 0) is 175 Å². The third-order valence-corrected chi connectivity index (χ3v) is 19.5. The quantitative estimate of drug-likeness (QED) is 0.150. The van der Waals surface area contributed by atoms with Gasteiger partial charge in [0.15, 0.2) is 5.88 Å². The number of furan rings is 1. The van der Waals surface area contributed by atoms with E-state index in [-0.39, 0.29) is 56.5 Å². The van der Waals surface area contributed by atoms with Crippen molar-refractivity contribution in [1.82, 2.24) is 0 Å². The minimum Gasteiger partial charge on any atom is -0.444 e. The highest BCUT2D eigenvalue weighted by Gasteiger charge is 2.60. The fourth-order valence-electron chi connectivity index (χ4n) is 14.9. The van der Waals surface area contributed by atoms with Gasteiger partial charge < -0.3 is 9.32 Å². The van der Waals surface area contributed by atoms with Crippen LogP contribution in [0.1, 0.15) is 199 Å². The number of nitrogens with zero attached hydrogens (tertiary/aromatic N) is 2. The maximum Gasteiger partial charge on any atom is 0.256 e. The molecule has 0 fully saturated rings. The molecular weight excluding hydrogens is 812 g/mol. The van der Waals surface area contributed by atoms with Crippen molar-refractivity contribution in [1.29, 1.82) is 0 Å². The number of allylic oxidation sites excluding steroid dienone is 7. The lowest BCUT2D eigenvalue weighted by Crippen LogP contribution is -2.61. The number of fused-ring (bicyclic) bond motifs is 12. The molecule has 4 heterocycles. The van der Waals surface area contributed by atoms with Gasteiger partial charge in [0, 0.05) is 45.1 Å². The van der Waals surface area contributed by atoms with Crippen molar-refractivity contribution in [3.8, 4) is 0 Å². The number of hydrogen-bond acceptors (Lipinski definition) is 3. The van der Waals surface area contributed by atoms with Crippen LogP contribution in [0, 0.1) is 11.3 Å². The second kappa shape index (κ2) is 13.3. The first-order valence-corrected chi connectivity index (χ1v) is 26.1. The predicted octanol–water partition coefficient (Wildman–Crippen LogP) is 15.4. The third-order valence-electron chi connectivity index (χ3n) is 19.5. The molecule has 0 radical (unpaired) electrons. The summed E-state index contributed by atoms with van der Waals surface area (Å²) in [5.41, 5.74) is 24.0. The number of anilines is 4. The van der Waals surface area contributed by atoms with Gasteiger partial charge >= 0.3 is 0 Å². The Kier molecular flexibility index (Phi) is 8.67. The molecule has 3 nitrogen and oxygen atoms in total. The molecule has 67 heavy (non-hydrogen) atoms. The van der Waals surface area contributed by atoms with Gasteiger partial charge in [-0.3, -0.25) is 4.90 Å². The average molecular weight is 887 g/mol. The molecule has 0 saturated carbocycles. The molecule has 0 N–H and O–H groups in total. The van der Waals surface area contributed by atoms with E-state index in [0.717, 1.165) is 25.1 Å². The van der Waals surface area contributed by atoms with Crippen molar-refractivity contribution in [3.63, 3.8) is 0 Å². The maximum absolute atomic E-state index is 7.78.